The monoisotopic (exact) mass is 456 g/mol. The predicted molar refractivity (Wildman–Crippen MR) is 122 cm³/mol. The Bertz CT molecular complexity index is 998. The Morgan fingerprint density at radius 1 is 1.10 bits per heavy atom. The van der Waals surface area contributed by atoms with Crippen molar-refractivity contribution in [3.05, 3.63) is 81.4 Å². The summed E-state index contributed by atoms with van der Waals surface area (Å²) < 4.78 is 5.52. The number of hydrogen-bond acceptors (Lipinski definition) is 4. The van der Waals surface area contributed by atoms with Crippen LogP contribution >= 0.6 is 22.9 Å². The Balaban J connectivity index is 1.72. The molecule has 1 fully saturated rings. The van der Waals surface area contributed by atoms with Crippen LogP contribution in [0.2, 0.25) is 5.02 Å². The standard InChI is InChI=1S/C24H25ClN2O3S/c25-20-12-5-4-11-19(20)22(23(28)26-17-8-2-1-3-9-17)27(16-18-10-6-14-30-18)24(29)21-13-7-15-31-21/h4-7,10-15,17,22H,1-3,8-9,16H2,(H,26,28). The second-order valence-electron chi connectivity index (χ2n) is 7.76. The van der Waals surface area contributed by atoms with Crippen molar-refractivity contribution in [3.8, 4) is 0 Å². The van der Waals surface area contributed by atoms with E-state index in [0.29, 0.717) is 21.2 Å². The lowest BCUT2D eigenvalue weighted by atomic mass is 9.94. The summed E-state index contributed by atoms with van der Waals surface area (Å²) in [4.78, 5) is 29.3. The van der Waals surface area contributed by atoms with Crippen molar-refractivity contribution in [2.75, 3.05) is 0 Å². The zero-order valence-electron chi connectivity index (χ0n) is 17.1. The molecule has 0 aliphatic heterocycles. The maximum atomic E-state index is 13.6. The van der Waals surface area contributed by atoms with Crippen molar-refractivity contribution in [2.45, 2.75) is 50.7 Å². The number of carbonyl (C=O) groups is 2. The van der Waals surface area contributed by atoms with Gasteiger partial charge >= 0.3 is 0 Å². The van der Waals surface area contributed by atoms with E-state index >= 15 is 0 Å². The van der Waals surface area contributed by atoms with Gasteiger partial charge in [0.1, 0.15) is 11.8 Å². The third-order valence-corrected chi connectivity index (χ3v) is 6.81. The van der Waals surface area contributed by atoms with Gasteiger partial charge < -0.3 is 14.6 Å². The van der Waals surface area contributed by atoms with Gasteiger partial charge in [0.25, 0.3) is 5.91 Å². The molecule has 4 rings (SSSR count). The zero-order chi connectivity index (χ0) is 21.6. The number of hydrogen-bond donors (Lipinski definition) is 1. The molecule has 1 atom stereocenters. The summed E-state index contributed by atoms with van der Waals surface area (Å²) in [6, 6.07) is 13.6. The number of halogens is 1. The lowest BCUT2D eigenvalue weighted by Gasteiger charge is -2.33. The molecule has 162 valence electrons. The average molecular weight is 457 g/mol. The SMILES string of the molecule is O=C(NC1CCCCC1)C(c1ccccc1Cl)N(Cc1ccco1)C(=O)c1cccs1. The van der Waals surface area contributed by atoms with Gasteiger partial charge in [0.15, 0.2) is 0 Å². The summed E-state index contributed by atoms with van der Waals surface area (Å²) >= 11 is 7.87. The highest BCUT2D eigenvalue weighted by Gasteiger charge is 2.35. The van der Waals surface area contributed by atoms with Gasteiger partial charge in [-0.1, -0.05) is 55.1 Å². The van der Waals surface area contributed by atoms with E-state index in [2.05, 4.69) is 5.32 Å². The van der Waals surface area contributed by atoms with Crippen LogP contribution in [0.4, 0.5) is 0 Å². The summed E-state index contributed by atoms with van der Waals surface area (Å²) in [6.45, 7) is 0.164. The highest BCUT2D eigenvalue weighted by atomic mass is 35.5. The normalized spacial score (nSPS) is 15.4. The molecule has 1 aliphatic carbocycles. The molecule has 0 bridgehead atoms. The molecular weight excluding hydrogens is 432 g/mol. The van der Waals surface area contributed by atoms with E-state index < -0.39 is 6.04 Å². The van der Waals surface area contributed by atoms with E-state index in [1.54, 1.807) is 35.4 Å². The van der Waals surface area contributed by atoms with E-state index in [1.807, 2.05) is 29.6 Å². The van der Waals surface area contributed by atoms with Crippen molar-refractivity contribution in [3.63, 3.8) is 0 Å². The van der Waals surface area contributed by atoms with E-state index in [9.17, 15) is 9.59 Å². The van der Waals surface area contributed by atoms with Crippen LogP contribution in [0.15, 0.2) is 64.6 Å². The minimum absolute atomic E-state index is 0.119. The number of rotatable bonds is 7. The van der Waals surface area contributed by atoms with Crippen LogP contribution in [0.3, 0.4) is 0 Å². The van der Waals surface area contributed by atoms with Gasteiger partial charge in [0.2, 0.25) is 5.91 Å². The Labute approximate surface area is 191 Å². The number of carbonyl (C=O) groups excluding carboxylic acids is 2. The quantitative estimate of drug-likeness (QED) is 0.486. The molecule has 0 saturated heterocycles. The molecule has 2 amide bonds. The summed E-state index contributed by atoms with van der Waals surface area (Å²) in [6.07, 6.45) is 6.88. The molecule has 0 radical (unpaired) electrons. The fraction of sp³-hybridized carbons (Fsp3) is 0.333. The van der Waals surface area contributed by atoms with Gasteiger partial charge in [-0.2, -0.15) is 0 Å². The Kier molecular flexibility index (Phi) is 7.10. The summed E-state index contributed by atoms with van der Waals surface area (Å²) in [5.74, 6) is 0.166. The van der Waals surface area contributed by atoms with Crippen molar-refractivity contribution in [2.24, 2.45) is 0 Å². The molecule has 0 spiro atoms. The molecule has 5 nitrogen and oxygen atoms in total. The van der Waals surface area contributed by atoms with Crippen molar-refractivity contribution in [1.82, 2.24) is 10.2 Å². The Hall–Kier alpha value is -2.57. The smallest absolute Gasteiger partial charge is 0.265 e. The Morgan fingerprint density at radius 2 is 1.90 bits per heavy atom. The first-order valence-corrected chi connectivity index (χ1v) is 11.8. The lowest BCUT2D eigenvalue weighted by molar-refractivity contribution is -0.127. The molecule has 1 saturated carbocycles. The predicted octanol–water partition coefficient (Wildman–Crippen LogP) is 5.83. The van der Waals surface area contributed by atoms with E-state index in [4.69, 9.17) is 16.0 Å². The van der Waals surface area contributed by atoms with Crippen molar-refractivity contribution < 1.29 is 14.0 Å². The summed E-state index contributed by atoms with van der Waals surface area (Å²) in [5.41, 5.74) is 0.605. The number of thiophene rings is 1. The largest absolute Gasteiger partial charge is 0.467 e. The molecule has 31 heavy (non-hydrogen) atoms. The van der Waals surface area contributed by atoms with Gasteiger partial charge in [-0.05, 0) is 42.5 Å². The van der Waals surface area contributed by atoms with Gasteiger partial charge in [-0.25, -0.2) is 0 Å². The fourth-order valence-corrected chi connectivity index (χ4v) is 4.99. The maximum Gasteiger partial charge on any atom is 0.265 e. The van der Waals surface area contributed by atoms with E-state index in [0.717, 1.165) is 25.7 Å². The topological polar surface area (TPSA) is 62.6 Å². The van der Waals surface area contributed by atoms with Crippen molar-refractivity contribution >= 4 is 34.8 Å². The van der Waals surface area contributed by atoms with E-state index in [1.165, 1.54) is 17.8 Å². The molecule has 1 N–H and O–H groups in total. The van der Waals surface area contributed by atoms with Gasteiger partial charge in [0.05, 0.1) is 17.7 Å². The highest BCUT2D eigenvalue weighted by Crippen LogP contribution is 2.32. The molecule has 2 heterocycles. The summed E-state index contributed by atoms with van der Waals surface area (Å²) in [5, 5.41) is 5.49. The number of furan rings is 1. The zero-order valence-corrected chi connectivity index (χ0v) is 18.7. The van der Waals surface area contributed by atoms with Crippen LogP contribution in [0.25, 0.3) is 0 Å². The molecule has 1 aliphatic rings. The molecule has 3 aromatic rings. The Morgan fingerprint density at radius 3 is 2.58 bits per heavy atom. The molecule has 1 unspecified atom stereocenters. The van der Waals surface area contributed by atoms with Crippen molar-refractivity contribution in [1.29, 1.82) is 0 Å². The molecule has 2 aromatic heterocycles. The molecule has 1 aromatic carbocycles. The third kappa shape index (κ3) is 5.20. The van der Waals surface area contributed by atoms with Crippen LogP contribution in [0.1, 0.15) is 59.1 Å². The van der Waals surface area contributed by atoms with Crippen LogP contribution in [0.5, 0.6) is 0 Å². The minimum Gasteiger partial charge on any atom is -0.467 e. The molecule has 7 heteroatoms. The number of nitrogens with zero attached hydrogens (tertiary/aromatic N) is 1. The van der Waals surface area contributed by atoms with Crippen LogP contribution in [-0.2, 0) is 11.3 Å². The van der Waals surface area contributed by atoms with Crippen LogP contribution < -0.4 is 5.32 Å². The fourth-order valence-electron chi connectivity index (χ4n) is 4.07. The average Bonchev–Trinajstić information content (AvgIpc) is 3.49. The van der Waals surface area contributed by atoms with Crippen LogP contribution in [0, 0.1) is 0 Å². The highest BCUT2D eigenvalue weighted by molar-refractivity contribution is 7.12. The molecular formula is C24H25ClN2O3S. The van der Waals surface area contributed by atoms with Gasteiger partial charge in [0, 0.05) is 16.6 Å². The first-order valence-electron chi connectivity index (χ1n) is 10.5. The third-order valence-electron chi connectivity index (χ3n) is 5.61. The van der Waals surface area contributed by atoms with Crippen LogP contribution in [-0.4, -0.2) is 22.8 Å². The minimum atomic E-state index is -0.865. The van der Waals surface area contributed by atoms with E-state index in [-0.39, 0.29) is 24.4 Å². The van der Waals surface area contributed by atoms with Gasteiger partial charge in [-0.15, -0.1) is 11.3 Å². The second-order valence-corrected chi connectivity index (χ2v) is 9.11. The first kappa shape index (κ1) is 21.7. The first-order chi connectivity index (χ1) is 15.1. The summed E-state index contributed by atoms with van der Waals surface area (Å²) in [7, 11) is 0. The second kappa shape index (κ2) is 10.2. The number of benzene rings is 1. The maximum absolute atomic E-state index is 13.6. The van der Waals surface area contributed by atoms with Gasteiger partial charge in [-0.3, -0.25) is 9.59 Å². The number of amides is 2. The lowest BCUT2D eigenvalue weighted by Crippen LogP contribution is -2.46. The number of nitrogens with one attached hydrogen (secondary N) is 1.